The van der Waals surface area contributed by atoms with E-state index in [0.29, 0.717) is 0 Å². The molecule has 0 rings (SSSR count). The van der Waals surface area contributed by atoms with Gasteiger partial charge in [-0.25, -0.2) is 0 Å². The Labute approximate surface area is 111 Å². The van der Waals surface area contributed by atoms with E-state index in [1.165, 1.54) is 0 Å². The van der Waals surface area contributed by atoms with Crippen LogP contribution in [0.2, 0.25) is 0 Å². The van der Waals surface area contributed by atoms with E-state index in [9.17, 15) is 26.3 Å². The Balaban J connectivity index is -0.000000720. The number of rotatable bonds is 4. The predicted molar refractivity (Wildman–Crippen MR) is 33.4 cm³/mol. The Bertz CT molecular complexity index is 131. The molecular formula is C5H6F6N2W2-2. The van der Waals surface area contributed by atoms with Crippen molar-refractivity contribution >= 4 is 0 Å². The van der Waals surface area contributed by atoms with E-state index in [-0.39, 0.29) is 42.1 Å². The van der Waals surface area contributed by atoms with Crippen LogP contribution in [0.25, 0.3) is 10.6 Å². The van der Waals surface area contributed by atoms with Crippen LogP contribution in [0.1, 0.15) is 0 Å². The number of alkyl halides is 6. The van der Waals surface area contributed by atoms with Crippen molar-refractivity contribution in [2.24, 2.45) is 0 Å². The Morgan fingerprint density at radius 2 is 0.933 bits per heavy atom. The van der Waals surface area contributed by atoms with Gasteiger partial charge in [0.1, 0.15) is 0 Å². The molecule has 0 aromatic rings. The van der Waals surface area contributed by atoms with Crippen LogP contribution in [-0.4, -0.2) is 32.1 Å². The molecule has 0 spiro atoms. The largest absolute Gasteiger partial charge is 0.673 e. The topological polar surface area (TPSA) is 28.2 Å². The second-order valence-corrected chi connectivity index (χ2v) is 2.14. The second kappa shape index (κ2) is 8.96. The summed E-state index contributed by atoms with van der Waals surface area (Å²) in [7, 11) is 0. The van der Waals surface area contributed by atoms with E-state index in [0.717, 1.165) is 0 Å². The van der Waals surface area contributed by atoms with Gasteiger partial charge in [0.05, 0.1) is 0 Å². The molecule has 0 aromatic carbocycles. The summed E-state index contributed by atoms with van der Waals surface area (Å²) in [6.07, 6.45) is -8.96. The van der Waals surface area contributed by atoms with Gasteiger partial charge in [-0.2, -0.15) is 26.3 Å². The van der Waals surface area contributed by atoms with Gasteiger partial charge in [-0.15, -0.1) is 0 Å². The third kappa shape index (κ3) is 20.9. The third-order valence-corrected chi connectivity index (χ3v) is 0.782. The summed E-state index contributed by atoms with van der Waals surface area (Å²) in [6, 6.07) is 0. The maximum Gasteiger partial charge on any atom is 0.371 e. The number of hydrogen-bond donors (Lipinski definition) is 0. The third-order valence-electron chi connectivity index (χ3n) is 0.782. The zero-order chi connectivity index (χ0) is 10.5. The molecule has 0 atom stereocenters. The first-order chi connectivity index (χ1) is 5.71. The summed E-state index contributed by atoms with van der Waals surface area (Å²) in [5.74, 6) is 0. The van der Waals surface area contributed by atoms with Gasteiger partial charge in [-0.05, 0) is 0 Å². The molecule has 0 aliphatic heterocycles. The van der Waals surface area contributed by atoms with E-state index in [1.54, 1.807) is 0 Å². The van der Waals surface area contributed by atoms with E-state index >= 15 is 0 Å². The van der Waals surface area contributed by atoms with Gasteiger partial charge in [-0.1, -0.05) is 13.1 Å². The van der Waals surface area contributed by atoms with Gasteiger partial charge >= 0.3 is 12.4 Å². The van der Waals surface area contributed by atoms with Crippen molar-refractivity contribution in [3.63, 3.8) is 0 Å². The van der Waals surface area contributed by atoms with Crippen LogP contribution in [0, 0.1) is 0 Å². The zero-order valence-corrected chi connectivity index (χ0v) is 13.0. The van der Waals surface area contributed by atoms with Gasteiger partial charge in [0.25, 0.3) is 0 Å². The average molecular weight is 576 g/mol. The van der Waals surface area contributed by atoms with Crippen LogP contribution in [-0.2, 0) is 42.1 Å². The van der Waals surface area contributed by atoms with Crippen LogP contribution in [0.15, 0.2) is 0 Å². The monoisotopic (exact) mass is 576 g/mol. The van der Waals surface area contributed by atoms with Gasteiger partial charge in [-0.3, -0.25) is 6.67 Å². The van der Waals surface area contributed by atoms with Crippen LogP contribution in [0.4, 0.5) is 26.3 Å². The van der Waals surface area contributed by atoms with Gasteiger partial charge in [0, 0.05) is 42.1 Å². The van der Waals surface area contributed by atoms with Crippen LogP contribution in [0.5, 0.6) is 0 Å². The molecule has 0 N–H and O–H groups in total. The molecule has 0 radical (unpaired) electrons. The van der Waals surface area contributed by atoms with Crippen LogP contribution < -0.4 is 0 Å². The molecule has 0 bridgehead atoms. The van der Waals surface area contributed by atoms with Gasteiger partial charge < -0.3 is 10.6 Å². The first kappa shape index (κ1) is 21.2. The summed E-state index contributed by atoms with van der Waals surface area (Å²) < 4.78 is 68.2. The SMILES string of the molecule is FC(F)(F)C[N-]C[N-]CC(F)(F)F.[W].[W]. The van der Waals surface area contributed by atoms with Crippen molar-refractivity contribution in [3.8, 4) is 0 Å². The Morgan fingerprint density at radius 3 is 1.13 bits per heavy atom. The molecular weight excluding hydrogens is 570 g/mol. The van der Waals surface area contributed by atoms with E-state index in [4.69, 9.17) is 0 Å². The van der Waals surface area contributed by atoms with Crippen molar-refractivity contribution in [1.82, 2.24) is 0 Å². The minimum Gasteiger partial charge on any atom is -0.673 e. The van der Waals surface area contributed by atoms with E-state index in [1.807, 2.05) is 0 Å². The van der Waals surface area contributed by atoms with Gasteiger partial charge in [0.15, 0.2) is 0 Å². The van der Waals surface area contributed by atoms with Crippen molar-refractivity contribution in [1.29, 1.82) is 0 Å². The summed E-state index contributed by atoms with van der Waals surface area (Å²) in [4.78, 5) is 0. The molecule has 0 saturated heterocycles. The smallest absolute Gasteiger partial charge is 0.371 e. The number of nitrogens with zero attached hydrogens (tertiary/aromatic N) is 2. The molecule has 10 heteroatoms. The van der Waals surface area contributed by atoms with E-state index in [2.05, 4.69) is 10.6 Å². The molecule has 0 aliphatic rings. The summed E-state index contributed by atoms with van der Waals surface area (Å²) in [5, 5.41) is 5.51. The zero-order valence-electron chi connectivity index (χ0n) is 7.10. The first-order valence-electron chi connectivity index (χ1n) is 3.11. The Hall–Kier alpha value is 0.877. The summed E-state index contributed by atoms with van der Waals surface area (Å²) >= 11 is 0. The molecule has 0 aromatic heterocycles. The minimum absolute atomic E-state index is 0. The summed E-state index contributed by atoms with van der Waals surface area (Å²) in [6.45, 7) is -3.71. The fourth-order valence-corrected chi connectivity index (χ4v) is 0.424. The molecule has 0 aliphatic carbocycles. The molecule has 0 unspecified atom stereocenters. The van der Waals surface area contributed by atoms with Crippen molar-refractivity contribution < 1.29 is 68.5 Å². The molecule has 92 valence electrons. The quantitative estimate of drug-likeness (QED) is 0.365. The summed E-state index contributed by atoms with van der Waals surface area (Å²) in [5.41, 5.74) is 0. The Kier molecular flexibility index (Phi) is 12.7. The molecule has 2 nitrogen and oxygen atoms in total. The maximum absolute atomic E-state index is 11.4. The fraction of sp³-hybridized carbons (Fsp3) is 1.00. The van der Waals surface area contributed by atoms with Crippen LogP contribution >= 0.6 is 0 Å². The average Bonchev–Trinajstić information content (AvgIpc) is 1.81. The van der Waals surface area contributed by atoms with Crippen LogP contribution in [0.3, 0.4) is 0 Å². The van der Waals surface area contributed by atoms with Crippen molar-refractivity contribution in [2.75, 3.05) is 19.8 Å². The number of hydrogen-bond acceptors (Lipinski definition) is 0. The predicted octanol–water partition coefficient (Wildman–Crippen LogP) is 2.81. The molecule has 15 heavy (non-hydrogen) atoms. The van der Waals surface area contributed by atoms with E-state index < -0.39 is 32.1 Å². The fourth-order valence-electron chi connectivity index (χ4n) is 0.424. The maximum atomic E-state index is 11.4. The normalized spacial score (nSPS) is 11.6. The van der Waals surface area contributed by atoms with Crippen molar-refractivity contribution in [3.05, 3.63) is 10.6 Å². The van der Waals surface area contributed by atoms with Crippen molar-refractivity contribution in [2.45, 2.75) is 12.4 Å². The molecule has 0 heterocycles. The molecule has 0 fully saturated rings. The molecule has 0 amide bonds. The van der Waals surface area contributed by atoms with Gasteiger partial charge in [0.2, 0.25) is 0 Å². The minimum atomic E-state index is -4.48. The first-order valence-corrected chi connectivity index (χ1v) is 3.11. The molecule has 0 saturated carbocycles. The standard InChI is InChI=1S/C5H6F6N2.2W/c6-4(7,8)1-12-3-13-2-5(9,10)11;;/h1-3H2;;/q-2;;. The number of halogens is 6. The Morgan fingerprint density at radius 1 is 0.667 bits per heavy atom. The second-order valence-electron chi connectivity index (χ2n) is 2.14.